The molecule has 3 rings (SSSR count). The first-order chi connectivity index (χ1) is 8.70. The van der Waals surface area contributed by atoms with Gasteiger partial charge in [0.25, 0.3) is 0 Å². The molecule has 2 heterocycles. The van der Waals surface area contributed by atoms with E-state index in [1.807, 2.05) is 12.1 Å². The molecule has 0 unspecified atom stereocenters. The third-order valence-corrected chi connectivity index (χ3v) is 4.06. The minimum atomic E-state index is -0.185. The Hall–Kier alpha value is -1.46. The first-order valence-electron chi connectivity index (χ1n) is 5.91. The van der Waals surface area contributed by atoms with Crippen molar-refractivity contribution in [1.82, 2.24) is 9.88 Å². The van der Waals surface area contributed by atoms with Crippen LogP contribution in [-0.4, -0.2) is 16.4 Å². The van der Waals surface area contributed by atoms with Crippen molar-refractivity contribution in [2.45, 2.75) is 19.5 Å². The van der Waals surface area contributed by atoms with Crippen LogP contribution in [0.3, 0.4) is 0 Å². The van der Waals surface area contributed by atoms with Crippen LogP contribution in [0.25, 0.3) is 0 Å². The monoisotopic (exact) mass is 263 g/mol. The molecule has 0 radical (unpaired) electrons. The summed E-state index contributed by atoms with van der Waals surface area (Å²) in [6, 6.07) is 6.70. The van der Waals surface area contributed by atoms with E-state index >= 15 is 0 Å². The highest BCUT2D eigenvalue weighted by molar-refractivity contribution is 7.15. The van der Waals surface area contributed by atoms with Gasteiger partial charge in [0.2, 0.25) is 0 Å². The van der Waals surface area contributed by atoms with E-state index in [9.17, 15) is 4.39 Å². The smallest absolute Gasteiger partial charge is 0.180 e. The molecule has 0 bridgehead atoms. The zero-order valence-electron chi connectivity index (χ0n) is 9.90. The van der Waals surface area contributed by atoms with Crippen molar-refractivity contribution < 1.29 is 4.39 Å². The molecular weight excluding hydrogens is 249 g/mol. The van der Waals surface area contributed by atoms with Gasteiger partial charge in [-0.15, -0.1) is 11.3 Å². The molecule has 0 atom stereocenters. The Morgan fingerprint density at radius 3 is 2.89 bits per heavy atom. The van der Waals surface area contributed by atoms with Gasteiger partial charge in [-0.3, -0.25) is 4.90 Å². The predicted octanol–water partition coefficient (Wildman–Crippen LogP) is 2.42. The van der Waals surface area contributed by atoms with Crippen molar-refractivity contribution in [3.8, 4) is 0 Å². The van der Waals surface area contributed by atoms with E-state index < -0.39 is 0 Å². The summed E-state index contributed by atoms with van der Waals surface area (Å²) in [6.07, 6.45) is 0.949. The van der Waals surface area contributed by atoms with E-state index in [0.717, 1.165) is 37.3 Å². The summed E-state index contributed by atoms with van der Waals surface area (Å²) in [5.41, 5.74) is 8.00. The van der Waals surface area contributed by atoms with E-state index in [-0.39, 0.29) is 5.82 Å². The van der Waals surface area contributed by atoms with Gasteiger partial charge in [-0.1, -0.05) is 12.1 Å². The maximum absolute atomic E-state index is 12.8. The Morgan fingerprint density at radius 2 is 2.11 bits per heavy atom. The Kier molecular flexibility index (Phi) is 3.01. The van der Waals surface area contributed by atoms with Crippen LogP contribution in [0.5, 0.6) is 0 Å². The summed E-state index contributed by atoms with van der Waals surface area (Å²) in [5, 5.41) is 0.656. The normalized spacial score (nSPS) is 15.6. The van der Waals surface area contributed by atoms with Crippen molar-refractivity contribution in [3.63, 3.8) is 0 Å². The Morgan fingerprint density at radius 1 is 1.33 bits per heavy atom. The highest BCUT2D eigenvalue weighted by Crippen LogP contribution is 2.27. The number of fused-ring (bicyclic) bond motifs is 1. The van der Waals surface area contributed by atoms with Gasteiger partial charge in [-0.2, -0.15) is 0 Å². The highest BCUT2D eigenvalue weighted by atomic mass is 32.1. The van der Waals surface area contributed by atoms with Crippen LogP contribution in [0.4, 0.5) is 9.52 Å². The molecule has 18 heavy (non-hydrogen) atoms. The fourth-order valence-corrected chi connectivity index (χ4v) is 3.17. The molecule has 94 valence electrons. The summed E-state index contributed by atoms with van der Waals surface area (Å²) >= 11 is 1.57. The van der Waals surface area contributed by atoms with Gasteiger partial charge in [0.1, 0.15) is 5.82 Å². The second-order valence-corrected chi connectivity index (χ2v) is 5.62. The van der Waals surface area contributed by atoms with Crippen LogP contribution in [0.15, 0.2) is 24.3 Å². The molecule has 0 spiro atoms. The predicted molar refractivity (Wildman–Crippen MR) is 70.7 cm³/mol. The standard InChI is InChI=1S/C13H14FN3S/c14-10-3-1-9(2-4-10)7-17-6-5-11-12(8-17)18-13(15)16-11/h1-4H,5-8H2,(H2,15,16). The Labute approximate surface area is 109 Å². The van der Waals surface area contributed by atoms with E-state index in [2.05, 4.69) is 9.88 Å². The van der Waals surface area contributed by atoms with Crippen molar-refractivity contribution in [1.29, 1.82) is 0 Å². The molecule has 3 nitrogen and oxygen atoms in total. The van der Waals surface area contributed by atoms with Crippen LogP contribution in [0, 0.1) is 5.82 Å². The lowest BCUT2D eigenvalue weighted by Gasteiger charge is -2.25. The van der Waals surface area contributed by atoms with Crippen molar-refractivity contribution in [3.05, 3.63) is 46.2 Å². The minimum Gasteiger partial charge on any atom is -0.375 e. The van der Waals surface area contributed by atoms with Crippen LogP contribution in [-0.2, 0) is 19.5 Å². The number of benzene rings is 1. The summed E-state index contributed by atoms with van der Waals surface area (Å²) in [7, 11) is 0. The molecular formula is C13H14FN3S. The topological polar surface area (TPSA) is 42.1 Å². The molecule has 2 aromatic rings. The average Bonchev–Trinajstić information content (AvgIpc) is 2.71. The van der Waals surface area contributed by atoms with Gasteiger partial charge < -0.3 is 5.73 Å². The first kappa shape index (κ1) is 11.6. The van der Waals surface area contributed by atoms with E-state index in [1.54, 1.807) is 11.3 Å². The lowest BCUT2D eigenvalue weighted by Crippen LogP contribution is -2.29. The number of nitrogens with two attached hydrogens (primary N) is 1. The maximum Gasteiger partial charge on any atom is 0.180 e. The maximum atomic E-state index is 12.8. The van der Waals surface area contributed by atoms with E-state index in [4.69, 9.17) is 5.73 Å². The molecule has 2 N–H and O–H groups in total. The van der Waals surface area contributed by atoms with Crippen molar-refractivity contribution in [2.75, 3.05) is 12.3 Å². The SMILES string of the molecule is Nc1nc2c(s1)CN(Cc1ccc(F)cc1)CC2. The summed E-state index contributed by atoms with van der Waals surface area (Å²) in [5.74, 6) is -0.185. The average molecular weight is 263 g/mol. The highest BCUT2D eigenvalue weighted by Gasteiger charge is 2.19. The molecule has 1 aliphatic heterocycles. The number of hydrogen-bond acceptors (Lipinski definition) is 4. The number of aromatic nitrogens is 1. The molecule has 1 aliphatic rings. The zero-order valence-corrected chi connectivity index (χ0v) is 10.7. The number of nitrogens with zero attached hydrogens (tertiary/aromatic N) is 2. The number of nitrogen functional groups attached to an aromatic ring is 1. The largest absolute Gasteiger partial charge is 0.375 e. The van der Waals surface area contributed by atoms with Crippen LogP contribution < -0.4 is 5.73 Å². The fourth-order valence-electron chi connectivity index (χ4n) is 2.25. The van der Waals surface area contributed by atoms with Crippen molar-refractivity contribution >= 4 is 16.5 Å². The van der Waals surface area contributed by atoms with Gasteiger partial charge in [0.05, 0.1) is 5.69 Å². The quantitative estimate of drug-likeness (QED) is 0.904. The lowest BCUT2D eigenvalue weighted by atomic mass is 10.1. The lowest BCUT2D eigenvalue weighted by molar-refractivity contribution is 0.247. The zero-order chi connectivity index (χ0) is 12.5. The molecule has 5 heteroatoms. The Balaban J connectivity index is 1.70. The second kappa shape index (κ2) is 4.66. The number of anilines is 1. The summed E-state index contributed by atoms with van der Waals surface area (Å²) < 4.78 is 12.8. The van der Waals surface area contributed by atoms with Gasteiger partial charge >= 0.3 is 0 Å². The fraction of sp³-hybridized carbons (Fsp3) is 0.308. The molecule has 0 saturated carbocycles. The molecule has 0 amide bonds. The van der Waals surface area contributed by atoms with Gasteiger partial charge in [0, 0.05) is 30.9 Å². The Bertz CT molecular complexity index is 550. The second-order valence-electron chi connectivity index (χ2n) is 4.51. The number of halogens is 1. The molecule has 0 fully saturated rings. The number of hydrogen-bond donors (Lipinski definition) is 1. The van der Waals surface area contributed by atoms with Gasteiger partial charge in [-0.05, 0) is 17.7 Å². The third-order valence-electron chi connectivity index (χ3n) is 3.15. The summed E-state index contributed by atoms with van der Waals surface area (Å²) in [4.78, 5) is 7.93. The van der Waals surface area contributed by atoms with Crippen LogP contribution >= 0.6 is 11.3 Å². The molecule has 0 aliphatic carbocycles. The molecule has 1 aromatic heterocycles. The van der Waals surface area contributed by atoms with Gasteiger partial charge in [0.15, 0.2) is 5.13 Å². The number of thiazole rings is 1. The first-order valence-corrected chi connectivity index (χ1v) is 6.73. The van der Waals surface area contributed by atoms with Crippen LogP contribution in [0.2, 0.25) is 0 Å². The molecule has 0 saturated heterocycles. The third kappa shape index (κ3) is 2.37. The minimum absolute atomic E-state index is 0.185. The van der Waals surface area contributed by atoms with Crippen molar-refractivity contribution in [2.24, 2.45) is 0 Å². The number of rotatable bonds is 2. The van der Waals surface area contributed by atoms with E-state index in [1.165, 1.54) is 17.0 Å². The van der Waals surface area contributed by atoms with Crippen LogP contribution in [0.1, 0.15) is 16.1 Å². The molecule has 1 aromatic carbocycles. The van der Waals surface area contributed by atoms with Gasteiger partial charge in [-0.25, -0.2) is 9.37 Å². The summed E-state index contributed by atoms with van der Waals surface area (Å²) in [6.45, 7) is 2.71. The van der Waals surface area contributed by atoms with E-state index in [0.29, 0.717) is 5.13 Å².